The van der Waals surface area contributed by atoms with Gasteiger partial charge in [0.2, 0.25) is 29.8 Å². The molecule has 0 aliphatic heterocycles. The molecule has 67 heavy (non-hydrogen) atoms. The van der Waals surface area contributed by atoms with Crippen molar-refractivity contribution in [2.24, 2.45) is 0 Å². The van der Waals surface area contributed by atoms with Crippen LogP contribution in [0.2, 0.25) is 0 Å². The first-order chi connectivity index (χ1) is 30.7. The van der Waals surface area contributed by atoms with E-state index in [9.17, 15) is 38.2 Å². The molecule has 0 aromatic heterocycles. The molecule has 1 radical (unpaired) electrons. The monoisotopic (exact) mass is 1060 g/mol. The first-order valence-corrected chi connectivity index (χ1v) is 27.4. The fourth-order valence-electron chi connectivity index (χ4n) is 8.68. The van der Waals surface area contributed by atoms with E-state index in [0.717, 1.165) is 86.7 Å². The van der Waals surface area contributed by atoms with Crippen molar-refractivity contribution in [1.29, 1.82) is 0 Å². The zero-order valence-electron chi connectivity index (χ0n) is 40.0. The summed E-state index contributed by atoms with van der Waals surface area (Å²) in [5.74, 6) is -0.489. The average Bonchev–Trinajstić information content (AvgIpc) is 3.23. The van der Waals surface area contributed by atoms with E-state index in [-0.39, 0.29) is 57.2 Å². The van der Waals surface area contributed by atoms with Gasteiger partial charge in [0, 0.05) is 32.7 Å². The Balaban J connectivity index is 0.000000288. The van der Waals surface area contributed by atoms with Crippen LogP contribution in [0, 0.1) is 67.5 Å². The van der Waals surface area contributed by atoms with Gasteiger partial charge in [0.25, 0.3) is 10.1 Å². The van der Waals surface area contributed by atoms with Gasteiger partial charge in [-0.2, -0.15) is 48.5 Å². The van der Waals surface area contributed by atoms with Gasteiger partial charge in [-0.1, -0.05) is 13.8 Å². The standard InChI is InChI=1S/2C26H29O5S2.Y/c1-7-24-17(2)12-22(13-18(24)3)32(27,28)23-14-19(4)25(20(5)15-23)16-21-10-8-9-11-26(21)33(29,30)31-6;1-6-25-17(2)11-23(12-18(25)3)33(30,31)24-13-19(4)26(20(5)14-24)15-21-9-7-8-10-22(21)16-32(27,28)29;/h8,10-15H,7,16H2,1-6H3;7,9-14H,6,15-16H2,1-5H3,(H,27,28,29);/q2*-1;. The van der Waals surface area contributed by atoms with Crippen LogP contribution < -0.4 is 0 Å². The van der Waals surface area contributed by atoms with E-state index in [1.165, 1.54) is 11.6 Å². The molecular weight excluding hydrogens is 1000 g/mol. The summed E-state index contributed by atoms with van der Waals surface area (Å²) < 4.78 is 115. The molecule has 0 aliphatic carbocycles. The van der Waals surface area contributed by atoms with Crippen LogP contribution in [0.15, 0.2) is 109 Å². The molecule has 10 nitrogen and oxygen atoms in total. The van der Waals surface area contributed by atoms with E-state index in [1.807, 2.05) is 55.4 Å². The normalized spacial score (nSPS) is 12.0. The minimum Gasteiger partial charge on any atom is -0.286 e. The Morgan fingerprint density at radius 2 is 0.791 bits per heavy atom. The summed E-state index contributed by atoms with van der Waals surface area (Å²) >= 11 is 0. The Kier molecular flexibility index (Phi) is 18.5. The second kappa shape index (κ2) is 22.3. The summed E-state index contributed by atoms with van der Waals surface area (Å²) in [6, 6.07) is 29.0. The molecular formula is C52H58O10S4Y-2. The molecule has 0 bridgehead atoms. The summed E-state index contributed by atoms with van der Waals surface area (Å²) in [5, 5.41) is 0. The molecule has 0 unspecified atom stereocenters. The summed E-state index contributed by atoms with van der Waals surface area (Å²) in [5.41, 5.74) is 12.9. The first kappa shape index (κ1) is 55.7. The van der Waals surface area contributed by atoms with Gasteiger partial charge in [0.05, 0.1) is 32.4 Å². The molecule has 0 spiro atoms. The Bertz CT molecular complexity index is 3190. The fraction of sp³-hybridized carbons (Fsp3) is 0.308. The van der Waals surface area contributed by atoms with Crippen molar-refractivity contribution in [2.45, 2.75) is 125 Å². The second-order valence-corrected chi connectivity index (χ2v) is 23.8. The number of benzene rings is 6. The van der Waals surface area contributed by atoms with Gasteiger partial charge >= 0.3 is 0 Å². The van der Waals surface area contributed by atoms with Crippen molar-refractivity contribution in [3.8, 4) is 0 Å². The van der Waals surface area contributed by atoms with Gasteiger partial charge in [-0.3, -0.25) is 8.74 Å². The third-order valence-corrected chi connectivity index (χ3v) is 17.6. The Morgan fingerprint density at radius 3 is 1.12 bits per heavy atom. The maximum absolute atomic E-state index is 13.4. The molecule has 0 aliphatic rings. The van der Waals surface area contributed by atoms with Crippen LogP contribution in [0.25, 0.3) is 0 Å². The van der Waals surface area contributed by atoms with Crippen molar-refractivity contribution in [1.82, 2.24) is 0 Å². The molecule has 0 atom stereocenters. The van der Waals surface area contributed by atoms with Gasteiger partial charge in [-0.15, -0.1) is 16.7 Å². The van der Waals surface area contributed by atoms with E-state index < -0.39 is 45.7 Å². The molecule has 1 N–H and O–H groups in total. The summed E-state index contributed by atoms with van der Waals surface area (Å²) in [6.07, 6.45) is 2.44. The average molecular weight is 1060 g/mol. The zero-order valence-corrected chi connectivity index (χ0v) is 46.1. The minimum atomic E-state index is -4.18. The SMILES string of the molecule is CCc1c(C)cc(S(=O)(=O)c2cc(C)c(Cc3cc[c-]cc3CS(=O)(=O)O)c(C)c2)cc1C.CCc1c(C)cc(S(=O)(=O)c2cc(C)c(Cc3cc[c-]cc3S(=O)(=O)OC)c(C)c2)cc1C.[Y]. The summed E-state index contributed by atoms with van der Waals surface area (Å²) in [4.78, 5) is 1.10. The van der Waals surface area contributed by atoms with Crippen LogP contribution in [0.4, 0.5) is 0 Å². The molecule has 0 fully saturated rings. The third-order valence-electron chi connectivity index (χ3n) is 12.2. The van der Waals surface area contributed by atoms with E-state index in [4.69, 9.17) is 0 Å². The second-order valence-electron chi connectivity index (χ2n) is 16.8. The van der Waals surface area contributed by atoms with E-state index >= 15 is 0 Å². The van der Waals surface area contributed by atoms with Crippen LogP contribution in [-0.2, 0) is 108 Å². The number of hydrogen-bond donors (Lipinski definition) is 1. The van der Waals surface area contributed by atoms with Gasteiger partial charge in [-0.05, 0) is 201 Å². The number of sulfone groups is 2. The maximum Gasteiger partial charge on any atom is 0.258 e. The smallest absolute Gasteiger partial charge is 0.258 e. The van der Waals surface area contributed by atoms with Crippen molar-refractivity contribution in [2.75, 3.05) is 7.11 Å². The Morgan fingerprint density at radius 1 is 0.478 bits per heavy atom. The van der Waals surface area contributed by atoms with Crippen LogP contribution >= 0.6 is 0 Å². The molecule has 15 heteroatoms. The predicted octanol–water partition coefficient (Wildman–Crippen LogP) is 10.1. The van der Waals surface area contributed by atoms with Crippen LogP contribution in [0.3, 0.4) is 0 Å². The van der Waals surface area contributed by atoms with Crippen molar-refractivity contribution >= 4 is 39.9 Å². The molecule has 0 heterocycles. The summed E-state index contributed by atoms with van der Waals surface area (Å²) in [6.45, 7) is 19.3. The number of hydrogen-bond acceptors (Lipinski definition) is 9. The first-order valence-electron chi connectivity index (χ1n) is 21.4. The number of rotatable bonds is 14. The van der Waals surface area contributed by atoms with Gasteiger partial charge in [0.1, 0.15) is 0 Å². The molecule has 0 amide bonds. The van der Waals surface area contributed by atoms with Crippen molar-refractivity contribution in [3.05, 3.63) is 181 Å². The largest absolute Gasteiger partial charge is 0.286 e. The fourth-order valence-corrected chi connectivity index (χ4v) is 13.4. The van der Waals surface area contributed by atoms with Crippen LogP contribution in [0.5, 0.6) is 0 Å². The van der Waals surface area contributed by atoms with E-state index in [2.05, 4.69) is 30.2 Å². The molecule has 6 aromatic carbocycles. The van der Waals surface area contributed by atoms with E-state index in [0.29, 0.717) is 24.0 Å². The quantitative estimate of drug-likeness (QED) is 0.0630. The summed E-state index contributed by atoms with van der Waals surface area (Å²) in [7, 11) is -14.3. The predicted molar refractivity (Wildman–Crippen MR) is 259 cm³/mol. The Labute approximate surface area is 424 Å². The number of aryl methyl sites for hydroxylation is 8. The van der Waals surface area contributed by atoms with E-state index in [1.54, 1.807) is 78.9 Å². The van der Waals surface area contributed by atoms with Gasteiger partial charge < -0.3 is 0 Å². The topological polar surface area (TPSA) is 166 Å². The molecule has 355 valence electrons. The molecule has 0 saturated heterocycles. The molecule has 6 aromatic rings. The maximum atomic E-state index is 13.4. The Hall–Kier alpha value is -3.86. The van der Waals surface area contributed by atoms with Gasteiger partial charge in [-0.25, -0.2) is 33.7 Å². The third kappa shape index (κ3) is 12.9. The van der Waals surface area contributed by atoms with Crippen molar-refractivity contribution < 1.29 is 75.1 Å². The minimum absolute atomic E-state index is 0. The van der Waals surface area contributed by atoms with Crippen LogP contribution in [0.1, 0.15) is 97.3 Å². The van der Waals surface area contributed by atoms with Gasteiger partial charge in [0.15, 0.2) is 0 Å². The molecule has 0 saturated carbocycles. The zero-order chi connectivity index (χ0) is 49.1. The molecule has 6 rings (SSSR count). The van der Waals surface area contributed by atoms with Crippen molar-refractivity contribution in [3.63, 3.8) is 0 Å². The van der Waals surface area contributed by atoms with Crippen LogP contribution in [-0.4, -0.2) is 45.3 Å².